The number of benzene rings is 3. The second-order valence-electron chi connectivity index (χ2n) is 8.34. The van der Waals surface area contributed by atoms with Crippen LogP contribution in [0.2, 0.25) is 0 Å². The summed E-state index contributed by atoms with van der Waals surface area (Å²) in [4.78, 5) is 24.0. The highest BCUT2D eigenvalue weighted by Gasteiger charge is 2.29. The molecule has 8 nitrogen and oxygen atoms in total. The lowest BCUT2D eigenvalue weighted by Crippen LogP contribution is -2.45. The Morgan fingerprint density at radius 2 is 1.56 bits per heavy atom. The standard InChI is InChI=1S/C25H27N3O5S/c1-16-12-18(3)24(19(4)13-16)34(32,33)27-23(14-20-8-6-5-7-9-20)25(29)26-22-15-21(28(30)31)11-10-17(22)2/h5-13,15,23,27H,14H2,1-4H3,(H,26,29)/t23-/m0/s1. The highest BCUT2D eigenvalue weighted by atomic mass is 32.2. The molecule has 0 spiro atoms. The van der Waals surface area contributed by atoms with E-state index in [0.717, 1.165) is 11.1 Å². The number of anilines is 1. The molecule has 0 unspecified atom stereocenters. The van der Waals surface area contributed by atoms with Crippen molar-refractivity contribution in [2.45, 2.75) is 45.1 Å². The van der Waals surface area contributed by atoms with Gasteiger partial charge in [-0.25, -0.2) is 8.42 Å². The summed E-state index contributed by atoms with van der Waals surface area (Å²) in [7, 11) is -4.05. The Hall–Kier alpha value is -3.56. The van der Waals surface area contributed by atoms with E-state index in [1.807, 2.05) is 13.0 Å². The predicted octanol–water partition coefficient (Wildman–Crippen LogP) is 4.36. The van der Waals surface area contributed by atoms with Gasteiger partial charge in [0.1, 0.15) is 6.04 Å². The van der Waals surface area contributed by atoms with Crippen LogP contribution in [0.3, 0.4) is 0 Å². The van der Waals surface area contributed by atoms with E-state index in [-0.39, 0.29) is 22.7 Å². The first kappa shape index (κ1) is 25.1. The van der Waals surface area contributed by atoms with Crippen LogP contribution in [-0.4, -0.2) is 25.3 Å². The predicted molar refractivity (Wildman–Crippen MR) is 131 cm³/mol. The van der Waals surface area contributed by atoms with Crippen molar-refractivity contribution in [3.63, 3.8) is 0 Å². The molecule has 0 saturated heterocycles. The van der Waals surface area contributed by atoms with Crippen molar-refractivity contribution in [1.82, 2.24) is 4.72 Å². The molecule has 1 amide bonds. The van der Waals surface area contributed by atoms with Crippen LogP contribution in [0.25, 0.3) is 0 Å². The fraction of sp³-hybridized carbons (Fsp3) is 0.240. The first-order valence-corrected chi connectivity index (χ1v) is 12.2. The van der Waals surface area contributed by atoms with Gasteiger partial charge in [0.15, 0.2) is 0 Å². The molecule has 178 valence electrons. The minimum Gasteiger partial charge on any atom is -0.324 e. The molecule has 0 bridgehead atoms. The van der Waals surface area contributed by atoms with Crippen LogP contribution in [0.5, 0.6) is 0 Å². The van der Waals surface area contributed by atoms with Gasteiger partial charge in [0, 0.05) is 12.1 Å². The summed E-state index contributed by atoms with van der Waals surface area (Å²) in [6, 6.07) is 15.6. The number of nitro benzene ring substituents is 1. The molecule has 3 aromatic carbocycles. The Bertz CT molecular complexity index is 1310. The Balaban J connectivity index is 1.97. The zero-order valence-electron chi connectivity index (χ0n) is 19.5. The van der Waals surface area contributed by atoms with Gasteiger partial charge in [-0.15, -0.1) is 0 Å². The summed E-state index contributed by atoms with van der Waals surface area (Å²) >= 11 is 0. The van der Waals surface area contributed by atoms with Gasteiger partial charge in [-0.2, -0.15) is 4.72 Å². The number of amides is 1. The SMILES string of the molecule is Cc1cc(C)c(S(=O)(=O)N[C@@H](Cc2ccccc2)C(=O)Nc2cc([N+](=O)[O-])ccc2C)c(C)c1. The molecule has 3 aromatic rings. The van der Waals surface area contributed by atoms with Crippen molar-refractivity contribution < 1.29 is 18.1 Å². The number of nitrogens with one attached hydrogen (secondary N) is 2. The number of carbonyl (C=O) groups is 1. The Morgan fingerprint density at radius 3 is 2.15 bits per heavy atom. The van der Waals surface area contributed by atoms with Crippen molar-refractivity contribution in [2.75, 3.05) is 5.32 Å². The third kappa shape index (κ3) is 5.86. The average molecular weight is 482 g/mol. The molecule has 0 aliphatic rings. The molecule has 0 aliphatic heterocycles. The molecule has 0 saturated carbocycles. The van der Waals surface area contributed by atoms with E-state index in [1.165, 1.54) is 18.2 Å². The van der Waals surface area contributed by atoms with Gasteiger partial charge >= 0.3 is 0 Å². The van der Waals surface area contributed by atoms with Crippen LogP contribution in [0, 0.1) is 37.8 Å². The fourth-order valence-corrected chi connectivity index (χ4v) is 5.60. The van der Waals surface area contributed by atoms with E-state index in [4.69, 9.17) is 0 Å². The van der Waals surface area contributed by atoms with Crippen LogP contribution in [0.4, 0.5) is 11.4 Å². The van der Waals surface area contributed by atoms with Crippen LogP contribution in [0.1, 0.15) is 27.8 Å². The number of hydrogen-bond donors (Lipinski definition) is 2. The minimum atomic E-state index is -4.05. The smallest absolute Gasteiger partial charge is 0.271 e. The molecule has 3 rings (SSSR count). The minimum absolute atomic E-state index is 0.101. The van der Waals surface area contributed by atoms with E-state index in [1.54, 1.807) is 57.2 Å². The number of nitro groups is 1. The van der Waals surface area contributed by atoms with Crippen molar-refractivity contribution in [2.24, 2.45) is 0 Å². The van der Waals surface area contributed by atoms with E-state index < -0.39 is 26.9 Å². The van der Waals surface area contributed by atoms with Crippen molar-refractivity contribution >= 4 is 27.3 Å². The van der Waals surface area contributed by atoms with Crippen molar-refractivity contribution in [3.8, 4) is 0 Å². The first-order chi connectivity index (χ1) is 16.0. The summed E-state index contributed by atoms with van der Waals surface area (Å²) in [6.07, 6.45) is 0.101. The van der Waals surface area contributed by atoms with Crippen LogP contribution in [0.15, 0.2) is 65.6 Å². The fourth-order valence-electron chi connectivity index (χ4n) is 3.95. The Morgan fingerprint density at radius 1 is 0.941 bits per heavy atom. The van der Waals surface area contributed by atoms with Gasteiger partial charge < -0.3 is 5.32 Å². The maximum Gasteiger partial charge on any atom is 0.271 e. The maximum absolute atomic E-state index is 13.4. The number of non-ortho nitro benzene ring substituents is 1. The van der Waals surface area contributed by atoms with Crippen LogP contribution < -0.4 is 10.0 Å². The lowest BCUT2D eigenvalue weighted by molar-refractivity contribution is -0.384. The summed E-state index contributed by atoms with van der Waals surface area (Å²) in [5, 5.41) is 13.8. The molecular weight excluding hydrogens is 454 g/mol. The van der Waals surface area contributed by atoms with Crippen LogP contribution >= 0.6 is 0 Å². The molecule has 1 atom stereocenters. The quantitative estimate of drug-likeness (QED) is 0.366. The average Bonchev–Trinajstić information content (AvgIpc) is 2.74. The van der Waals surface area contributed by atoms with E-state index in [0.29, 0.717) is 16.7 Å². The zero-order chi connectivity index (χ0) is 25.0. The van der Waals surface area contributed by atoms with Gasteiger partial charge in [-0.1, -0.05) is 54.1 Å². The molecule has 0 aliphatic carbocycles. The molecule has 9 heteroatoms. The molecule has 0 radical (unpaired) electrons. The molecular formula is C25H27N3O5S. The molecule has 0 fully saturated rings. The third-order valence-corrected chi connectivity index (χ3v) is 7.24. The first-order valence-electron chi connectivity index (χ1n) is 10.7. The van der Waals surface area contributed by atoms with Gasteiger partial charge in [0.05, 0.1) is 15.5 Å². The monoisotopic (exact) mass is 481 g/mol. The second-order valence-corrected chi connectivity index (χ2v) is 9.99. The number of aryl methyl sites for hydroxylation is 4. The van der Waals surface area contributed by atoms with Gasteiger partial charge in [0.25, 0.3) is 5.69 Å². The number of hydrogen-bond acceptors (Lipinski definition) is 5. The zero-order valence-corrected chi connectivity index (χ0v) is 20.3. The number of nitrogens with zero attached hydrogens (tertiary/aromatic N) is 1. The molecule has 0 heterocycles. The van der Waals surface area contributed by atoms with Gasteiger partial charge in [-0.3, -0.25) is 14.9 Å². The lowest BCUT2D eigenvalue weighted by Gasteiger charge is -2.21. The molecule has 2 N–H and O–H groups in total. The molecule has 0 aromatic heterocycles. The lowest BCUT2D eigenvalue weighted by atomic mass is 10.1. The summed E-state index contributed by atoms with van der Waals surface area (Å²) in [6.45, 7) is 7.02. The summed E-state index contributed by atoms with van der Waals surface area (Å²) in [5.41, 5.74) is 3.56. The maximum atomic E-state index is 13.4. The Labute approximate surface area is 199 Å². The third-order valence-electron chi connectivity index (χ3n) is 5.46. The largest absolute Gasteiger partial charge is 0.324 e. The Kier molecular flexibility index (Phi) is 7.48. The van der Waals surface area contributed by atoms with E-state index >= 15 is 0 Å². The number of rotatable bonds is 8. The second kappa shape index (κ2) is 10.1. The van der Waals surface area contributed by atoms with Crippen LogP contribution in [-0.2, 0) is 21.2 Å². The van der Waals surface area contributed by atoms with Gasteiger partial charge in [-0.05, 0) is 56.4 Å². The van der Waals surface area contributed by atoms with Gasteiger partial charge in [0.2, 0.25) is 15.9 Å². The van der Waals surface area contributed by atoms with Crippen molar-refractivity contribution in [3.05, 3.63) is 98.6 Å². The number of carbonyl (C=O) groups excluding carboxylic acids is 1. The van der Waals surface area contributed by atoms with E-state index in [9.17, 15) is 23.3 Å². The highest BCUT2D eigenvalue weighted by molar-refractivity contribution is 7.89. The highest BCUT2D eigenvalue weighted by Crippen LogP contribution is 2.24. The normalized spacial score (nSPS) is 12.2. The summed E-state index contributed by atoms with van der Waals surface area (Å²) < 4.78 is 29.3. The van der Waals surface area contributed by atoms with Crippen molar-refractivity contribution in [1.29, 1.82) is 0 Å². The number of sulfonamides is 1. The summed E-state index contributed by atoms with van der Waals surface area (Å²) in [5.74, 6) is -0.613. The topological polar surface area (TPSA) is 118 Å². The molecule has 34 heavy (non-hydrogen) atoms. The van der Waals surface area contributed by atoms with E-state index in [2.05, 4.69) is 10.0 Å².